The molecule has 1 nitrogen and oxygen atoms in total. The average Bonchev–Trinajstić information content (AvgIpc) is 1.65. The van der Waals surface area contributed by atoms with Gasteiger partial charge in [0.25, 0.3) is 0 Å². The Morgan fingerprint density at radius 2 is 2.14 bits per heavy atom. The maximum atomic E-state index is 9.70. The summed E-state index contributed by atoms with van der Waals surface area (Å²) in [6.07, 6.45) is 2.77. The van der Waals surface area contributed by atoms with Crippen molar-refractivity contribution < 1.29 is 37.5 Å². The van der Waals surface area contributed by atoms with Gasteiger partial charge in [0.15, 0.2) is 0 Å². The van der Waals surface area contributed by atoms with E-state index in [1.54, 1.807) is 0 Å². The van der Waals surface area contributed by atoms with Crippen LogP contribution in [0.2, 0.25) is 0 Å². The average molecular weight is 174 g/mol. The first-order valence-electron chi connectivity index (χ1n) is 2.06. The summed E-state index contributed by atoms with van der Waals surface area (Å²) < 4.78 is 0. The van der Waals surface area contributed by atoms with Gasteiger partial charge in [-0.05, 0) is 0 Å². The van der Waals surface area contributed by atoms with Crippen molar-refractivity contribution in [2.45, 2.75) is 13.8 Å². The molecule has 1 radical (unpaired) electrons. The minimum absolute atomic E-state index is 0. The van der Waals surface area contributed by atoms with Gasteiger partial charge in [-0.15, -0.1) is 5.92 Å². The molecule has 7 heavy (non-hydrogen) atoms. The van der Waals surface area contributed by atoms with Crippen LogP contribution in [-0.4, -0.2) is 6.29 Å². The predicted molar refractivity (Wildman–Crippen MR) is 25.2 cm³/mol. The summed E-state index contributed by atoms with van der Waals surface area (Å²) in [5.74, 6) is 0.130. The van der Waals surface area contributed by atoms with Crippen LogP contribution in [0.25, 0.3) is 0 Å². The van der Waals surface area contributed by atoms with E-state index in [2.05, 4.69) is 0 Å². The number of hydrogen-bond donors (Lipinski definition) is 0. The first-order chi connectivity index (χ1) is 2.81. The Balaban J connectivity index is 0. The quantitative estimate of drug-likeness (QED) is 0.451. The second-order valence-corrected chi connectivity index (χ2v) is 1.33. The van der Waals surface area contributed by atoms with E-state index in [1.807, 2.05) is 20.3 Å². The molecule has 0 amide bonds. The Bertz CT molecular complexity index is 45.3. The van der Waals surface area contributed by atoms with Crippen molar-refractivity contribution in [2.75, 3.05) is 0 Å². The topological polar surface area (TPSA) is 17.1 Å². The van der Waals surface area contributed by atoms with E-state index in [4.69, 9.17) is 0 Å². The van der Waals surface area contributed by atoms with Crippen molar-refractivity contribution in [3.05, 3.63) is 6.42 Å². The maximum Gasteiger partial charge on any atom is 0.0927 e. The van der Waals surface area contributed by atoms with Gasteiger partial charge in [-0.3, -0.25) is 0 Å². The third kappa shape index (κ3) is 6.77. The third-order valence-electron chi connectivity index (χ3n) is 0.740. The smallest absolute Gasteiger partial charge is 0.0927 e. The molecule has 0 aromatic rings. The van der Waals surface area contributed by atoms with Gasteiger partial charge in [0.1, 0.15) is 0 Å². The van der Waals surface area contributed by atoms with Crippen LogP contribution in [0.4, 0.5) is 0 Å². The Hall–Kier alpha value is 0.774. The maximum absolute atomic E-state index is 9.70. The van der Waals surface area contributed by atoms with E-state index in [0.717, 1.165) is 6.29 Å². The second kappa shape index (κ2) is 6.77. The van der Waals surface area contributed by atoms with Crippen molar-refractivity contribution in [3.8, 4) is 0 Å². The van der Waals surface area contributed by atoms with Gasteiger partial charge in [-0.1, -0.05) is 6.92 Å². The first-order valence-corrected chi connectivity index (χ1v) is 2.06. The summed E-state index contributed by atoms with van der Waals surface area (Å²) in [6.45, 7) is 3.73. The molecule has 0 aliphatic heterocycles. The first kappa shape index (κ1) is 10.7. The van der Waals surface area contributed by atoms with Crippen molar-refractivity contribution in [1.82, 2.24) is 0 Å². The Kier molecular flexibility index (Phi) is 10.4. The molecule has 0 bridgehead atoms. The van der Waals surface area contributed by atoms with Gasteiger partial charge < -0.3 is 11.2 Å². The molecule has 0 aromatic heterocycles. The van der Waals surface area contributed by atoms with E-state index >= 15 is 0 Å². The molecular formula is C5H9OY-. The van der Waals surface area contributed by atoms with Gasteiger partial charge in [-0.2, -0.15) is 6.92 Å². The molecule has 0 N–H and O–H groups in total. The van der Waals surface area contributed by atoms with Crippen molar-refractivity contribution in [3.63, 3.8) is 0 Å². The van der Waals surface area contributed by atoms with Crippen molar-refractivity contribution in [2.24, 2.45) is 5.92 Å². The van der Waals surface area contributed by atoms with Gasteiger partial charge in [0, 0.05) is 32.7 Å². The molecule has 0 aliphatic carbocycles. The summed E-state index contributed by atoms with van der Waals surface area (Å²) in [5, 5.41) is 0. The standard InChI is InChI=1S/C5H9O.Y/c1-3-5(2)4-6;/h3-5H,1-2H3;/q-1;. The Morgan fingerprint density at radius 1 is 1.71 bits per heavy atom. The van der Waals surface area contributed by atoms with E-state index in [0.29, 0.717) is 0 Å². The molecule has 0 rings (SSSR count). The Morgan fingerprint density at radius 3 is 2.14 bits per heavy atom. The third-order valence-corrected chi connectivity index (χ3v) is 0.740. The molecule has 0 heterocycles. The SMILES string of the molecule is C[CH-]C(C)C=O.[Y]. The molecule has 1 unspecified atom stereocenters. The zero-order valence-corrected chi connectivity index (χ0v) is 7.56. The zero-order valence-electron chi connectivity index (χ0n) is 4.72. The van der Waals surface area contributed by atoms with Crippen molar-refractivity contribution >= 4 is 6.29 Å². The van der Waals surface area contributed by atoms with Crippen molar-refractivity contribution in [1.29, 1.82) is 0 Å². The molecule has 0 spiro atoms. The fourth-order valence-corrected chi connectivity index (χ4v) is 0.0786. The van der Waals surface area contributed by atoms with Crippen LogP contribution in [0.15, 0.2) is 0 Å². The molecule has 0 aromatic carbocycles. The van der Waals surface area contributed by atoms with Gasteiger partial charge >= 0.3 is 0 Å². The molecule has 2 heteroatoms. The number of hydrogen-bond acceptors (Lipinski definition) is 1. The van der Waals surface area contributed by atoms with Crippen LogP contribution >= 0.6 is 0 Å². The van der Waals surface area contributed by atoms with E-state index in [-0.39, 0.29) is 38.6 Å². The van der Waals surface area contributed by atoms with Gasteiger partial charge in [0.2, 0.25) is 0 Å². The number of carbonyl (C=O) groups is 1. The minimum atomic E-state index is 0. The van der Waals surface area contributed by atoms with Gasteiger partial charge in [-0.25, -0.2) is 0 Å². The number of rotatable bonds is 2. The van der Waals surface area contributed by atoms with E-state index < -0.39 is 0 Å². The Labute approximate surface area is 69.7 Å². The molecule has 0 fully saturated rings. The second-order valence-electron chi connectivity index (χ2n) is 1.33. The summed E-state index contributed by atoms with van der Waals surface area (Å²) in [5.41, 5.74) is 0. The largest absolute Gasteiger partial charge is 0.322 e. The molecular weight excluding hydrogens is 165 g/mol. The van der Waals surface area contributed by atoms with Crippen LogP contribution in [0.3, 0.4) is 0 Å². The van der Waals surface area contributed by atoms with Crippen LogP contribution < -0.4 is 0 Å². The van der Waals surface area contributed by atoms with Crippen LogP contribution in [0, 0.1) is 12.3 Å². The monoisotopic (exact) mass is 174 g/mol. The van der Waals surface area contributed by atoms with E-state index in [1.165, 1.54) is 0 Å². The normalized spacial score (nSPS) is 11.7. The fourth-order valence-electron chi connectivity index (χ4n) is 0.0786. The van der Waals surface area contributed by atoms with Crippen LogP contribution in [0.5, 0.6) is 0 Å². The molecule has 39 valence electrons. The fraction of sp³-hybridized carbons (Fsp3) is 0.600. The summed E-state index contributed by atoms with van der Waals surface area (Å²) in [4.78, 5) is 9.70. The minimum Gasteiger partial charge on any atom is -0.322 e. The van der Waals surface area contributed by atoms with Gasteiger partial charge in [0.05, 0.1) is 6.29 Å². The van der Waals surface area contributed by atoms with Crippen LogP contribution in [0.1, 0.15) is 13.8 Å². The predicted octanol–water partition coefficient (Wildman–Crippen LogP) is 1.04. The molecule has 1 atom stereocenters. The zero-order chi connectivity index (χ0) is 4.99. The van der Waals surface area contributed by atoms with Crippen LogP contribution in [-0.2, 0) is 37.5 Å². The molecule has 0 aliphatic rings. The molecule has 0 saturated carbocycles. The number of aldehydes is 1. The number of carbonyl (C=O) groups excluding carboxylic acids is 1. The summed E-state index contributed by atoms with van der Waals surface area (Å²) in [6, 6.07) is 0. The summed E-state index contributed by atoms with van der Waals surface area (Å²) in [7, 11) is 0. The van der Waals surface area contributed by atoms with E-state index in [9.17, 15) is 4.79 Å². The molecule has 0 saturated heterocycles. The summed E-state index contributed by atoms with van der Waals surface area (Å²) >= 11 is 0.